The van der Waals surface area contributed by atoms with Crippen molar-refractivity contribution in [1.29, 1.82) is 0 Å². The molecule has 1 aromatic heterocycles. The number of aromatic nitrogens is 1. The Morgan fingerprint density at radius 3 is 2.80 bits per heavy atom. The maximum atomic E-state index is 5.99. The minimum absolute atomic E-state index is 0.750. The van der Waals surface area contributed by atoms with Gasteiger partial charge < -0.3 is 4.74 Å². The first kappa shape index (κ1) is 13.6. The Kier molecular flexibility index (Phi) is 4.33. The third-order valence-corrected chi connectivity index (χ3v) is 4.42. The van der Waals surface area contributed by atoms with E-state index in [0.29, 0.717) is 0 Å². The van der Waals surface area contributed by atoms with Crippen molar-refractivity contribution in [3.05, 3.63) is 34.7 Å². The van der Waals surface area contributed by atoms with Gasteiger partial charge in [-0.1, -0.05) is 12.1 Å². The van der Waals surface area contributed by atoms with Gasteiger partial charge in [0.2, 0.25) is 0 Å². The molecular weight excluding hydrogens is 268 g/mol. The Bertz CT molecular complexity index is 561. The van der Waals surface area contributed by atoms with Gasteiger partial charge in [0.1, 0.15) is 12.4 Å². The van der Waals surface area contributed by atoms with E-state index < -0.39 is 0 Å². The molecule has 0 amide bonds. The molecule has 0 unspecified atom stereocenters. The van der Waals surface area contributed by atoms with Crippen molar-refractivity contribution >= 4 is 11.3 Å². The molecule has 0 atom stereocenters. The average Bonchev–Trinajstić information content (AvgIpc) is 3.11. The number of likely N-dealkylation sites (tertiary alicyclic amines) is 1. The zero-order chi connectivity index (χ0) is 13.8. The van der Waals surface area contributed by atoms with E-state index in [0.717, 1.165) is 35.2 Å². The van der Waals surface area contributed by atoms with Crippen LogP contribution in [0.4, 0.5) is 0 Å². The van der Waals surface area contributed by atoms with E-state index in [-0.39, 0.29) is 0 Å². The number of nitrogens with zero attached hydrogens (tertiary/aromatic N) is 2. The van der Waals surface area contributed by atoms with E-state index in [1.807, 2.05) is 25.1 Å². The van der Waals surface area contributed by atoms with Crippen molar-refractivity contribution < 1.29 is 4.74 Å². The zero-order valence-electron chi connectivity index (χ0n) is 11.8. The van der Waals surface area contributed by atoms with Crippen LogP contribution in [0.5, 0.6) is 5.75 Å². The molecule has 1 aromatic carbocycles. The summed E-state index contributed by atoms with van der Waals surface area (Å²) in [6.45, 7) is 6.24. The second-order valence-electron chi connectivity index (χ2n) is 5.15. The van der Waals surface area contributed by atoms with Crippen LogP contribution < -0.4 is 4.74 Å². The van der Waals surface area contributed by atoms with E-state index in [4.69, 9.17) is 4.74 Å². The van der Waals surface area contributed by atoms with Gasteiger partial charge in [-0.3, -0.25) is 4.90 Å². The maximum Gasteiger partial charge on any atom is 0.128 e. The van der Waals surface area contributed by atoms with Gasteiger partial charge in [0, 0.05) is 17.5 Å². The Hall–Kier alpha value is -1.39. The van der Waals surface area contributed by atoms with Crippen LogP contribution in [0.25, 0.3) is 11.3 Å². The predicted molar refractivity (Wildman–Crippen MR) is 83.5 cm³/mol. The summed E-state index contributed by atoms with van der Waals surface area (Å²) < 4.78 is 5.99. The Balaban J connectivity index is 1.66. The van der Waals surface area contributed by atoms with E-state index in [2.05, 4.69) is 21.3 Å². The average molecular weight is 288 g/mol. The largest absolute Gasteiger partial charge is 0.492 e. The van der Waals surface area contributed by atoms with Crippen molar-refractivity contribution in [3.8, 4) is 17.0 Å². The van der Waals surface area contributed by atoms with Gasteiger partial charge in [-0.25, -0.2) is 4.98 Å². The zero-order valence-corrected chi connectivity index (χ0v) is 12.7. The van der Waals surface area contributed by atoms with E-state index in [1.54, 1.807) is 11.3 Å². The molecule has 0 spiro atoms. The minimum Gasteiger partial charge on any atom is -0.492 e. The molecule has 1 aliphatic rings. The highest BCUT2D eigenvalue weighted by molar-refractivity contribution is 7.09. The predicted octanol–water partition coefficient (Wildman–Crippen LogP) is 3.59. The molecule has 2 heterocycles. The van der Waals surface area contributed by atoms with E-state index >= 15 is 0 Å². The summed E-state index contributed by atoms with van der Waals surface area (Å²) in [5.74, 6) is 0.942. The van der Waals surface area contributed by atoms with Crippen LogP contribution in [-0.4, -0.2) is 36.1 Å². The summed E-state index contributed by atoms with van der Waals surface area (Å²) in [6, 6.07) is 8.18. The second kappa shape index (κ2) is 6.37. The lowest BCUT2D eigenvalue weighted by molar-refractivity contribution is 0.238. The number of hydrogen-bond donors (Lipinski definition) is 0. The molecule has 0 saturated carbocycles. The summed E-state index contributed by atoms with van der Waals surface area (Å²) in [5.41, 5.74) is 2.11. The first-order valence-corrected chi connectivity index (χ1v) is 8.07. The SMILES string of the molecule is Cc1nc(-c2ccccc2OCCN2CCCC2)cs1. The lowest BCUT2D eigenvalue weighted by Crippen LogP contribution is -2.25. The molecule has 3 nitrogen and oxygen atoms in total. The van der Waals surface area contributed by atoms with Gasteiger partial charge in [0.25, 0.3) is 0 Å². The lowest BCUT2D eigenvalue weighted by Gasteiger charge is -2.16. The fourth-order valence-corrected chi connectivity index (χ4v) is 3.20. The molecule has 0 radical (unpaired) electrons. The molecule has 0 N–H and O–H groups in total. The van der Waals surface area contributed by atoms with Crippen LogP contribution in [0.1, 0.15) is 17.8 Å². The molecule has 4 heteroatoms. The molecular formula is C16H20N2OS. The molecule has 1 fully saturated rings. The highest BCUT2D eigenvalue weighted by atomic mass is 32.1. The number of benzene rings is 1. The van der Waals surface area contributed by atoms with Crippen LogP contribution in [0, 0.1) is 6.92 Å². The van der Waals surface area contributed by atoms with Gasteiger partial charge >= 0.3 is 0 Å². The summed E-state index contributed by atoms with van der Waals surface area (Å²) in [7, 11) is 0. The van der Waals surface area contributed by atoms with Crippen LogP contribution >= 0.6 is 11.3 Å². The Labute approximate surface area is 124 Å². The van der Waals surface area contributed by atoms with E-state index in [1.165, 1.54) is 25.9 Å². The minimum atomic E-state index is 0.750. The van der Waals surface area contributed by atoms with Gasteiger partial charge in [-0.2, -0.15) is 0 Å². The number of hydrogen-bond acceptors (Lipinski definition) is 4. The van der Waals surface area contributed by atoms with Crippen LogP contribution in [-0.2, 0) is 0 Å². The van der Waals surface area contributed by atoms with E-state index in [9.17, 15) is 0 Å². The van der Waals surface area contributed by atoms with Crippen LogP contribution in [0.3, 0.4) is 0 Å². The monoisotopic (exact) mass is 288 g/mol. The fourth-order valence-electron chi connectivity index (χ4n) is 2.58. The lowest BCUT2D eigenvalue weighted by atomic mass is 10.1. The summed E-state index contributed by atoms with van der Waals surface area (Å²) >= 11 is 1.68. The first-order valence-electron chi connectivity index (χ1n) is 7.19. The molecule has 1 saturated heterocycles. The van der Waals surface area contributed by atoms with Crippen molar-refractivity contribution in [2.75, 3.05) is 26.2 Å². The van der Waals surface area contributed by atoms with Gasteiger partial charge in [-0.05, 0) is 45.0 Å². The first-order chi connectivity index (χ1) is 9.83. The molecule has 3 rings (SSSR count). The molecule has 0 aliphatic carbocycles. The van der Waals surface area contributed by atoms with Gasteiger partial charge in [-0.15, -0.1) is 11.3 Å². The maximum absolute atomic E-state index is 5.99. The normalized spacial score (nSPS) is 15.7. The van der Waals surface area contributed by atoms with Gasteiger partial charge in [0.15, 0.2) is 0 Å². The quantitative estimate of drug-likeness (QED) is 0.840. The Morgan fingerprint density at radius 2 is 2.05 bits per heavy atom. The number of aryl methyl sites for hydroxylation is 1. The van der Waals surface area contributed by atoms with Crippen LogP contribution in [0.2, 0.25) is 0 Å². The number of thiazole rings is 1. The Morgan fingerprint density at radius 1 is 1.25 bits per heavy atom. The molecule has 106 valence electrons. The van der Waals surface area contributed by atoms with Crippen LogP contribution in [0.15, 0.2) is 29.6 Å². The van der Waals surface area contributed by atoms with Crippen molar-refractivity contribution in [1.82, 2.24) is 9.88 Å². The highest BCUT2D eigenvalue weighted by Gasteiger charge is 2.12. The van der Waals surface area contributed by atoms with Gasteiger partial charge in [0.05, 0.1) is 10.7 Å². The summed E-state index contributed by atoms with van der Waals surface area (Å²) in [6.07, 6.45) is 2.66. The standard InChI is InChI=1S/C16H20N2OS/c1-13-17-15(12-20-13)14-6-2-3-7-16(14)19-11-10-18-8-4-5-9-18/h2-3,6-7,12H,4-5,8-11H2,1H3. The highest BCUT2D eigenvalue weighted by Crippen LogP contribution is 2.30. The third-order valence-electron chi connectivity index (χ3n) is 3.65. The third kappa shape index (κ3) is 3.19. The summed E-state index contributed by atoms with van der Waals surface area (Å²) in [4.78, 5) is 7.02. The van der Waals surface area contributed by atoms with Crippen molar-refractivity contribution in [2.24, 2.45) is 0 Å². The molecule has 20 heavy (non-hydrogen) atoms. The number of ether oxygens (including phenoxy) is 1. The van der Waals surface area contributed by atoms with Crippen molar-refractivity contribution in [2.45, 2.75) is 19.8 Å². The molecule has 0 bridgehead atoms. The molecule has 1 aliphatic heterocycles. The number of para-hydroxylation sites is 1. The fraction of sp³-hybridized carbons (Fsp3) is 0.438. The summed E-state index contributed by atoms with van der Waals surface area (Å²) in [5, 5.41) is 3.18. The molecule has 2 aromatic rings. The smallest absolute Gasteiger partial charge is 0.128 e. The van der Waals surface area contributed by atoms with Crippen molar-refractivity contribution in [3.63, 3.8) is 0 Å². The number of rotatable bonds is 5. The second-order valence-corrected chi connectivity index (χ2v) is 6.21. The topological polar surface area (TPSA) is 25.4 Å².